The average Bonchev–Trinajstić information content (AvgIpc) is 3.54. The van der Waals surface area contributed by atoms with Gasteiger partial charge in [0.1, 0.15) is 29.8 Å². The number of benzene rings is 2. The van der Waals surface area contributed by atoms with E-state index in [9.17, 15) is 19.8 Å². The molecule has 1 heterocycles. The fourth-order valence-corrected chi connectivity index (χ4v) is 8.99. The molecule has 4 aliphatic carbocycles. The Morgan fingerprint density at radius 2 is 1.58 bits per heavy atom. The van der Waals surface area contributed by atoms with Crippen LogP contribution < -0.4 is 15.5 Å². The molecule has 0 aliphatic heterocycles. The van der Waals surface area contributed by atoms with Crippen LogP contribution in [0.1, 0.15) is 77.0 Å². The third-order valence-electron chi connectivity index (χ3n) is 11.2. The topological polar surface area (TPSA) is 212 Å². The number of rotatable bonds is 14. The van der Waals surface area contributed by atoms with E-state index in [0.29, 0.717) is 28.3 Å². The molecule has 52 heavy (non-hydrogen) atoms. The summed E-state index contributed by atoms with van der Waals surface area (Å²) in [5, 5.41) is 60.1. The van der Waals surface area contributed by atoms with Crippen molar-refractivity contribution in [2.24, 2.45) is 23.2 Å². The molecular weight excluding hydrogens is 666 g/mol. The standard InChI is InChI=1S/C32H38N4O3.C7H17NO5/c1-19-6-4-5-7-24(19)29-34-26(10-11-32-16-20-12-21(17-32)14-22(13-20)18-32)28(35-29)30(37)33-23-8-9-27(36(2)3)25(15-23)31(38)39;1-8-2-4(10)6(12)7(13)5(11)3-9/h4-9,15,20-22H,10-14,16-18H2,1-3H3,(H,33,37)(H,34,35)(H,38,39);4-13H,2-3H2,1H3/t;4-,5+,6+,7+/m.0/s1. The third kappa shape index (κ3) is 9.02. The molecule has 4 atom stereocenters. The van der Waals surface area contributed by atoms with Gasteiger partial charge in [-0.05, 0) is 112 Å². The maximum atomic E-state index is 13.6. The Hall–Kier alpha value is -3.85. The highest BCUT2D eigenvalue weighted by atomic mass is 16.4. The molecule has 9 N–H and O–H groups in total. The molecule has 1 aromatic heterocycles. The number of carboxylic acid groups (broad SMARTS) is 1. The van der Waals surface area contributed by atoms with E-state index in [2.05, 4.69) is 15.6 Å². The lowest BCUT2D eigenvalue weighted by molar-refractivity contribution is -0.113. The number of amides is 1. The van der Waals surface area contributed by atoms with E-state index in [1.165, 1.54) is 44.6 Å². The number of aromatic amines is 1. The number of aromatic carboxylic acids is 1. The van der Waals surface area contributed by atoms with Crippen LogP contribution in [-0.4, -0.2) is 111 Å². The SMILES string of the molecule is CNC[C@H](O)[C@@H](O)[C@H](O)[C@H](O)CO.Cc1ccccc1-c1nc(C(=O)Nc2ccc(N(C)C)c(C(=O)O)c2)c(CCC23CC4CC(CC(C4)C2)C3)[nH]1. The summed E-state index contributed by atoms with van der Waals surface area (Å²) in [6, 6.07) is 13.0. The number of nitrogens with one attached hydrogen (secondary N) is 3. The molecule has 0 radical (unpaired) electrons. The molecule has 4 aliphatic rings. The number of hydrogen-bond donors (Lipinski definition) is 9. The van der Waals surface area contributed by atoms with Crippen LogP contribution in [0.25, 0.3) is 11.4 Å². The van der Waals surface area contributed by atoms with Crippen LogP contribution in [0.2, 0.25) is 0 Å². The predicted molar refractivity (Wildman–Crippen MR) is 198 cm³/mol. The molecule has 4 fully saturated rings. The van der Waals surface area contributed by atoms with Crippen molar-refractivity contribution in [1.29, 1.82) is 0 Å². The Bertz CT molecular complexity index is 1660. The Kier molecular flexibility index (Phi) is 12.8. The fraction of sp³-hybridized carbons (Fsp3) is 0.564. The summed E-state index contributed by atoms with van der Waals surface area (Å²) in [5.74, 6) is 2.01. The average molecular weight is 722 g/mol. The summed E-state index contributed by atoms with van der Waals surface area (Å²) in [6.07, 6.45) is 4.45. The number of nitrogens with zero attached hydrogens (tertiary/aromatic N) is 2. The molecular formula is C39H55N5O8. The van der Waals surface area contributed by atoms with Crippen LogP contribution in [-0.2, 0) is 6.42 Å². The first-order valence-electron chi connectivity index (χ1n) is 18.2. The molecule has 0 unspecified atom stereocenters. The van der Waals surface area contributed by atoms with E-state index >= 15 is 0 Å². The van der Waals surface area contributed by atoms with Crippen LogP contribution >= 0.6 is 0 Å². The largest absolute Gasteiger partial charge is 0.478 e. The zero-order chi connectivity index (χ0) is 37.7. The third-order valence-corrected chi connectivity index (χ3v) is 11.2. The highest BCUT2D eigenvalue weighted by molar-refractivity contribution is 6.05. The van der Waals surface area contributed by atoms with Gasteiger partial charge in [-0.2, -0.15) is 0 Å². The van der Waals surface area contributed by atoms with Gasteiger partial charge in [-0.1, -0.05) is 24.3 Å². The van der Waals surface area contributed by atoms with Gasteiger partial charge in [0.25, 0.3) is 5.91 Å². The van der Waals surface area contributed by atoms with Crippen molar-refractivity contribution in [3.05, 3.63) is 65.0 Å². The van der Waals surface area contributed by atoms with Gasteiger partial charge in [0.2, 0.25) is 0 Å². The second-order valence-electron chi connectivity index (χ2n) is 15.4. The van der Waals surface area contributed by atoms with Crippen LogP contribution in [0, 0.1) is 30.1 Å². The Labute approximate surface area is 305 Å². The first-order chi connectivity index (χ1) is 24.7. The van der Waals surface area contributed by atoms with E-state index in [1.807, 2.05) is 31.2 Å². The van der Waals surface area contributed by atoms with E-state index in [4.69, 9.17) is 25.4 Å². The normalized spacial score (nSPS) is 24.0. The molecule has 7 rings (SSSR count). The lowest BCUT2D eigenvalue weighted by Crippen LogP contribution is -2.48. The molecule has 4 saturated carbocycles. The number of aromatic nitrogens is 2. The van der Waals surface area contributed by atoms with Crippen LogP contribution in [0.5, 0.6) is 0 Å². The van der Waals surface area contributed by atoms with E-state index in [0.717, 1.165) is 47.4 Å². The molecule has 13 nitrogen and oxygen atoms in total. The summed E-state index contributed by atoms with van der Waals surface area (Å²) >= 11 is 0. The van der Waals surface area contributed by atoms with Crippen molar-refractivity contribution in [1.82, 2.24) is 15.3 Å². The van der Waals surface area contributed by atoms with Crippen molar-refractivity contribution in [2.45, 2.75) is 82.7 Å². The fourth-order valence-electron chi connectivity index (χ4n) is 8.99. The van der Waals surface area contributed by atoms with Crippen LogP contribution in [0.15, 0.2) is 42.5 Å². The molecule has 0 spiro atoms. The first-order valence-corrected chi connectivity index (χ1v) is 18.2. The number of carbonyl (C=O) groups is 2. The second-order valence-corrected chi connectivity index (χ2v) is 15.4. The van der Waals surface area contributed by atoms with Crippen molar-refractivity contribution in [3.8, 4) is 11.4 Å². The summed E-state index contributed by atoms with van der Waals surface area (Å²) in [7, 11) is 5.17. The quantitative estimate of drug-likeness (QED) is 0.118. The Morgan fingerprint density at radius 3 is 2.13 bits per heavy atom. The van der Waals surface area contributed by atoms with Crippen molar-refractivity contribution in [2.75, 3.05) is 44.5 Å². The van der Waals surface area contributed by atoms with Crippen LogP contribution in [0.3, 0.4) is 0 Å². The second kappa shape index (κ2) is 16.9. The van der Waals surface area contributed by atoms with E-state index in [-0.39, 0.29) is 18.0 Å². The van der Waals surface area contributed by atoms with Gasteiger partial charge in [-0.3, -0.25) is 4.79 Å². The molecule has 4 bridgehead atoms. The number of aliphatic hydroxyl groups excluding tert-OH is 5. The number of likely N-dealkylation sites (N-methyl/N-ethyl adjacent to an activating group) is 1. The lowest BCUT2D eigenvalue weighted by atomic mass is 9.48. The smallest absolute Gasteiger partial charge is 0.337 e. The molecule has 2 aromatic carbocycles. The Morgan fingerprint density at radius 1 is 0.962 bits per heavy atom. The van der Waals surface area contributed by atoms with Gasteiger partial charge in [-0.15, -0.1) is 0 Å². The molecule has 13 heteroatoms. The predicted octanol–water partition coefficient (Wildman–Crippen LogP) is 3.19. The molecule has 284 valence electrons. The van der Waals surface area contributed by atoms with Gasteiger partial charge < -0.3 is 51.2 Å². The zero-order valence-corrected chi connectivity index (χ0v) is 30.5. The summed E-state index contributed by atoms with van der Waals surface area (Å²) in [6.45, 7) is 1.48. The minimum Gasteiger partial charge on any atom is -0.478 e. The Balaban J connectivity index is 0.000000345. The highest BCUT2D eigenvalue weighted by Crippen LogP contribution is 2.61. The number of imidazole rings is 1. The minimum absolute atomic E-state index is 0.0936. The number of carboxylic acids is 1. The van der Waals surface area contributed by atoms with Gasteiger partial charge in [0.05, 0.1) is 24.0 Å². The number of aryl methyl sites for hydroxylation is 2. The number of H-pyrrole nitrogens is 1. The minimum atomic E-state index is -1.55. The monoisotopic (exact) mass is 721 g/mol. The van der Waals surface area contributed by atoms with Gasteiger partial charge in [0.15, 0.2) is 0 Å². The summed E-state index contributed by atoms with van der Waals surface area (Å²) < 4.78 is 0. The number of hydrogen-bond acceptors (Lipinski definition) is 10. The first kappa shape index (κ1) is 39.4. The maximum Gasteiger partial charge on any atom is 0.337 e. The highest BCUT2D eigenvalue weighted by Gasteiger charge is 2.50. The van der Waals surface area contributed by atoms with E-state index in [1.54, 1.807) is 38.2 Å². The van der Waals surface area contributed by atoms with Gasteiger partial charge in [-0.25, -0.2) is 9.78 Å². The molecule has 3 aromatic rings. The zero-order valence-electron chi connectivity index (χ0n) is 30.5. The number of aliphatic hydroxyl groups is 5. The summed E-state index contributed by atoms with van der Waals surface area (Å²) in [5.41, 5.74) is 4.90. The number of carbonyl (C=O) groups excluding carboxylic acids is 1. The molecule has 0 saturated heterocycles. The number of anilines is 2. The van der Waals surface area contributed by atoms with E-state index < -0.39 is 37.0 Å². The maximum absolute atomic E-state index is 13.6. The summed E-state index contributed by atoms with van der Waals surface area (Å²) in [4.78, 5) is 35.6. The van der Waals surface area contributed by atoms with Crippen molar-refractivity contribution >= 4 is 23.3 Å². The van der Waals surface area contributed by atoms with Crippen molar-refractivity contribution < 1.29 is 40.2 Å². The van der Waals surface area contributed by atoms with Crippen molar-refractivity contribution in [3.63, 3.8) is 0 Å². The molecule has 1 amide bonds. The van der Waals surface area contributed by atoms with Gasteiger partial charge >= 0.3 is 5.97 Å². The van der Waals surface area contributed by atoms with Gasteiger partial charge in [0, 0.05) is 37.6 Å². The lowest BCUT2D eigenvalue weighted by Gasteiger charge is -2.57. The van der Waals surface area contributed by atoms with Crippen LogP contribution in [0.4, 0.5) is 11.4 Å².